The molecule has 1 N–H and O–H groups in total. The second-order valence-corrected chi connectivity index (χ2v) is 4.85. The topological polar surface area (TPSA) is 38.3 Å². The molecule has 2 fully saturated rings. The molecule has 0 amide bonds. The molecular weight excluding hydrogens is 190 g/mol. The van der Waals surface area contributed by atoms with Gasteiger partial charge in [0, 0.05) is 6.04 Å². The summed E-state index contributed by atoms with van der Waals surface area (Å²) in [4.78, 5) is 11.5. The van der Waals surface area contributed by atoms with E-state index in [0.29, 0.717) is 6.04 Å². The largest absolute Gasteiger partial charge is 0.469 e. The molecular formula is C12H21NO2. The number of carbonyl (C=O) groups excluding carboxylic acids is 1. The Kier molecular flexibility index (Phi) is 3.62. The van der Waals surface area contributed by atoms with E-state index in [2.05, 4.69) is 5.32 Å². The Morgan fingerprint density at radius 2 is 2.00 bits per heavy atom. The molecule has 2 aliphatic rings. The highest BCUT2D eigenvalue weighted by molar-refractivity contribution is 5.72. The molecule has 3 nitrogen and oxygen atoms in total. The Morgan fingerprint density at radius 3 is 2.67 bits per heavy atom. The first-order chi connectivity index (χ1) is 7.31. The van der Waals surface area contributed by atoms with E-state index in [4.69, 9.17) is 4.74 Å². The van der Waals surface area contributed by atoms with Crippen LogP contribution in [0.1, 0.15) is 38.5 Å². The van der Waals surface area contributed by atoms with Crippen molar-refractivity contribution in [2.24, 2.45) is 11.8 Å². The van der Waals surface area contributed by atoms with Crippen molar-refractivity contribution in [3.05, 3.63) is 0 Å². The molecule has 1 saturated heterocycles. The molecule has 0 aromatic carbocycles. The molecule has 0 radical (unpaired) electrons. The molecule has 2 rings (SSSR count). The SMILES string of the molecule is COC(=O)C1CCNC(C2CCCC2)C1. The molecule has 2 unspecified atom stereocenters. The Morgan fingerprint density at radius 1 is 1.27 bits per heavy atom. The molecule has 1 aliphatic carbocycles. The highest BCUT2D eigenvalue weighted by atomic mass is 16.5. The summed E-state index contributed by atoms with van der Waals surface area (Å²) in [5.74, 6) is 0.929. The van der Waals surface area contributed by atoms with Crippen LogP contribution in [0, 0.1) is 11.8 Å². The van der Waals surface area contributed by atoms with Crippen molar-refractivity contribution in [3.63, 3.8) is 0 Å². The zero-order chi connectivity index (χ0) is 10.7. The minimum absolute atomic E-state index is 0.0144. The fraction of sp³-hybridized carbons (Fsp3) is 0.917. The van der Waals surface area contributed by atoms with E-state index < -0.39 is 0 Å². The van der Waals surface area contributed by atoms with Gasteiger partial charge in [0.1, 0.15) is 0 Å². The number of esters is 1. The Balaban J connectivity index is 1.88. The van der Waals surface area contributed by atoms with Gasteiger partial charge >= 0.3 is 5.97 Å². The maximum absolute atomic E-state index is 11.5. The van der Waals surface area contributed by atoms with Crippen LogP contribution in [-0.4, -0.2) is 25.7 Å². The zero-order valence-corrected chi connectivity index (χ0v) is 9.50. The summed E-state index contributed by atoms with van der Waals surface area (Å²) in [5, 5.41) is 3.56. The van der Waals surface area contributed by atoms with Gasteiger partial charge in [-0.1, -0.05) is 12.8 Å². The van der Waals surface area contributed by atoms with Crippen LogP contribution in [0.2, 0.25) is 0 Å². The Hall–Kier alpha value is -0.570. The van der Waals surface area contributed by atoms with Crippen molar-refractivity contribution in [3.8, 4) is 0 Å². The number of piperidine rings is 1. The van der Waals surface area contributed by atoms with Crippen LogP contribution in [0.15, 0.2) is 0 Å². The van der Waals surface area contributed by atoms with Crippen LogP contribution in [0.25, 0.3) is 0 Å². The first kappa shape index (κ1) is 10.9. The third-order valence-electron chi connectivity index (χ3n) is 3.94. The number of rotatable bonds is 2. The monoisotopic (exact) mass is 211 g/mol. The van der Waals surface area contributed by atoms with Gasteiger partial charge < -0.3 is 10.1 Å². The van der Waals surface area contributed by atoms with Crippen LogP contribution >= 0.6 is 0 Å². The van der Waals surface area contributed by atoms with Gasteiger partial charge in [0.25, 0.3) is 0 Å². The van der Waals surface area contributed by atoms with Crippen LogP contribution in [0.3, 0.4) is 0 Å². The number of hydrogen-bond acceptors (Lipinski definition) is 3. The van der Waals surface area contributed by atoms with Crippen LogP contribution in [0.4, 0.5) is 0 Å². The normalized spacial score (nSPS) is 32.9. The van der Waals surface area contributed by atoms with Crippen LogP contribution in [0.5, 0.6) is 0 Å². The fourth-order valence-electron chi connectivity index (χ4n) is 3.05. The maximum Gasteiger partial charge on any atom is 0.308 e. The first-order valence-electron chi connectivity index (χ1n) is 6.12. The molecule has 0 bridgehead atoms. The van der Waals surface area contributed by atoms with E-state index in [1.807, 2.05) is 0 Å². The van der Waals surface area contributed by atoms with Crippen molar-refractivity contribution >= 4 is 5.97 Å². The van der Waals surface area contributed by atoms with Crippen molar-refractivity contribution in [2.75, 3.05) is 13.7 Å². The molecule has 1 saturated carbocycles. The molecule has 0 aromatic heterocycles. The molecule has 15 heavy (non-hydrogen) atoms. The number of nitrogens with one attached hydrogen (secondary N) is 1. The van der Waals surface area contributed by atoms with Gasteiger partial charge in [-0.05, 0) is 38.1 Å². The summed E-state index contributed by atoms with van der Waals surface area (Å²) in [7, 11) is 1.49. The van der Waals surface area contributed by atoms with E-state index in [9.17, 15) is 4.79 Å². The van der Waals surface area contributed by atoms with Gasteiger partial charge in [-0.15, -0.1) is 0 Å². The summed E-state index contributed by atoms with van der Waals surface area (Å²) in [6, 6.07) is 0.561. The Bertz CT molecular complexity index is 224. The second-order valence-electron chi connectivity index (χ2n) is 4.85. The summed E-state index contributed by atoms with van der Waals surface area (Å²) in [6.07, 6.45) is 7.34. The van der Waals surface area contributed by atoms with Crippen molar-refractivity contribution in [2.45, 2.75) is 44.6 Å². The van der Waals surface area contributed by atoms with E-state index in [0.717, 1.165) is 25.3 Å². The minimum Gasteiger partial charge on any atom is -0.469 e. The average molecular weight is 211 g/mol. The van der Waals surface area contributed by atoms with Gasteiger partial charge in [-0.2, -0.15) is 0 Å². The highest BCUT2D eigenvalue weighted by Crippen LogP contribution is 2.32. The summed E-state index contributed by atoms with van der Waals surface area (Å²) < 4.78 is 4.83. The molecule has 0 aromatic rings. The van der Waals surface area contributed by atoms with Crippen molar-refractivity contribution in [1.82, 2.24) is 5.32 Å². The van der Waals surface area contributed by atoms with Gasteiger partial charge in [0.15, 0.2) is 0 Å². The molecule has 3 heteroatoms. The third-order valence-corrected chi connectivity index (χ3v) is 3.94. The number of carbonyl (C=O) groups is 1. The molecule has 0 spiro atoms. The third kappa shape index (κ3) is 2.51. The summed E-state index contributed by atoms with van der Waals surface area (Å²) in [5.41, 5.74) is 0. The summed E-state index contributed by atoms with van der Waals surface area (Å²) >= 11 is 0. The van der Waals surface area contributed by atoms with Gasteiger partial charge in [-0.3, -0.25) is 4.79 Å². The van der Waals surface area contributed by atoms with Crippen molar-refractivity contribution < 1.29 is 9.53 Å². The summed E-state index contributed by atoms with van der Waals surface area (Å²) in [6.45, 7) is 0.973. The first-order valence-corrected chi connectivity index (χ1v) is 6.12. The lowest BCUT2D eigenvalue weighted by Crippen LogP contribution is -2.44. The molecule has 1 aliphatic heterocycles. The van der Waals surface area contributed by atoms with Gasteiger partial charge in [0.2, 0.25) is 0 Å². The number of ether oxygens (including phenoxy) is 1. The quantitative estimate of drug-likeness (QED) is 0.707. The van der Waals surface area contributed by atoms with E-state index in [1.54, 1.807) is 0 Å². The highest BCUT2D eigenvalue weighted by Gasteiger charge is 2.33. The molecule has 2 atom stereocenters. The molecule has 1 heterocycles. The van der Waals surface area contributed by atoms with Gasteiger partial charge in [0.05, 0.1) is 13.0 Å². The van der Waals surface area contributed by atoms with E-state index >= 15 is 0 Å². The lowest BCUT2D eigenvalue weighted by molar-refractivity contribution is -0.146. The van der Waals surface area contributed by atoms with Crippen molar-refractivity contribution in [1.29, 1.82) is 0 Å². The lowest BCUT2D eigenvalue weighted by Gasteiger charge is -2.32. The predicted molar refractivity (Wildman–Crippen MR) is 58.5 cm³/mol. The molecule has 86 valence electrons. The van der Waals surface area contributed by atoms with E-state index in [1.165, 1.54) is 32.8 Å². The average Bonchev–Trinajstić information content (AvgIpc) is 2.82. The second kappa shape index (κ2) is 4.97. The maximum atomic E-state index is 11.5. The van der Waals surface area contributed by atoms with E-state index in [-0.39, 0.29) is 11.9 Å². The zero-order valence-electron chi connectivity index (χ0n) is 9.50. The Labute approximate surface area is 91.6 Å². The number of hydrogen-bond donors (Lipinski definition) is 1. The standard InChI is InChI=1S/C12H21NO2/c1-15-12(14)10-6-7-13-11(8-10)9-4-2-3-5-9/h9-11,13H,2-8H2,1H3. The lowest BCUT2D eigenvalue weighted by atomic mass is 9.85. The predicted octanol–water partition coefficient (Wildman–Crippen LogP) is 1.72. The van der Waals surface area contributed by atoms with Crippen LogP contribution in [-0.2, 0) is 9.53 Å². The smallest absolute Gasteiger partial charge is 0.308 e. The van der Waals surface area contributed by atoms with Gasteiger partial charge in [-0.25, -0.2) is 0 Å². The minimum atomic E-state index is -0.0144. The van der Waals surface area contributed by atoms with Crippen LogP contribution < -0.4 is 5.32 Å². The number of methoxy groups -OCH3 is 1. The fourth-order valence-corrected chi connectivity index (χ4v) is 3.05.